The molecule has 1 saturated heterocycles. The molecule has 3 aliphatic rings. The number of nitrogens with one attached hydrogen (secondary N) is 2. The third kappa shape index (κ3) is 3.63. The summed E-state index contributed by atoms with van der Waals surface area (Å²) in [7, 11) is 3.83. The van der Waals surface area contributed by atoms with E-state index in [4.69, 9.17) is 0 Å². The van der Waals surface area contributed by atoms with E-state index in [0.29, 0.717) is 13.1 Å². The molecular weight excluding hydrogens is 330 g/mol. The first-order chi connectivity index (χ1) is 12.6. The van der Waals surface area contributed by atoms with Gasteiger partial charge in [0.15, 0.2) is 5.96 Å². The standard InChI is InChI=1S/C19H31N5O2/c1-4-23(3)11-9-22-19(20-2)21-8-5-10-24-17(25)15-13-6-7-14(12-13)16(15)18(24)26/h6-7,13-16H,4-5,8-12H2,1-3H3,(H2,20,21,22). The molecule has 7 heteroatoms. The number of rotatable bonds is 8. The summed E-state index contributed by atoms with van der Waals surface area (Å²) in [6, 6.07) is 0. The molecule has 1 saturated carbocycles. The van der Waals surface area contributed by atoms with Gasteiger partial charge in [0, 0.05) is 33.2 Å². The SMILES string of the molecule is CCN(C)CCNC(=NC)NCCCN1C(=O)C2C3C=CC(C3)C2C1=O. The fourth-order valence-corrected chi connectivity index (χ4v) is 4.37. The van der Waals surface area contributed by atoms with Crippen LogP contribution in [0, 0.1) is 23.7 Å². The Morgan fingerprint density at radius 3 is 2.38 bits per heavy atom. The topological polar surface area (TPSA) is 77.0 Å². The fraction of sp³-hybridized carbons (Fsp3) is 0.737. The summed E-state index contributed by atoms with van der Waals surface area (Å²) in [5.41, 5.74) is 0. The van der Waals surface area contributed by atoms with Gasteiger partial charge in [-0.05, 0) is 38.3 Å². The van der Waals surface area contributed by atoms with Crippen molar-refractivity contribution in [3.8, 4) is 0 Å². The van der Waals surface area contributed by atoms with E-state index >= 15 is 0 Å². The number of likely N-dealkylation sites (N-methyl/N-ethyl adjacent to an activating group) is 1. The van der Waals surface area contributed by atoms with E-state index in [1.807, 2.05) is 0 Å². The Morgan fingerprint density at radius 2 is 1.81 bits per heavy atom. The van der Waals surface area contributed by atoms with E-state index in [0.717, 1.165) is 38.4 Å². The molecule has 0 spiro atoms. The first kappa shape index (κ1) is 18.9. The fourth-order valence-electron chi connectivity index (χ4n) is 4.37. The van der Waals surface area contributed by atoms with Crippen molar-refractivity contribution in [2.45, 2.75) is 19.8 Å². The lowest BCUT2D eigenvalue weighted by molar-refractivity contribution is -0.140. The molecule has 3 rings (SSSR count). The number of carbonyl (C=O) groups excluding carboxylic acids is 2. The van der Waals surface area contributed by atoms with Gasteiger partial charge in [-0.15, -0.1) is 0 Å². The van der Waals surface area contributed by atoms with Crippen molar-refractivity contribution in [1.82, 2.24) is 20.4 Å². The summed E-state index contributed by atoms with van der Waals surface area (Å²) in [6.07, 6.45) is 5.98. The van der Waals surface area contributed by atoms with Crippen molar-refractivity contribution >= 4 is 17.8 Å². The van der Waals surface area contributed by atoms with Gasteiger partial charge in [0.25, 0.3) is 0 Å². The maximum absolute atomic E-state index is 12.6. The zero-order chi connectivity index (χ0) is 18.7. The predicted octanol–water partition coefficient (Wildman–Crippen LogP) is 0.300. The van der Waals surface area contributed by atoms with Crippen molar-refractivity contribution < 1.29 is 9.59 Å². The molecule has 1 aliphatic heterocycles. The third-order valence-electron chi connectivity index (χ3n) is 5.96. The Kier molecular flexibility index (Phi) is 5.96. The van der Waals surface area contributed by atoms with Crippen LogP contribution in [0.1, 0.15) is 19.8 Å². The van der Waals surface area contributed by atoms with E-state index < -0.39 is 0 Å². The maximum atomic E-state index is 12.6. The second-order valence-corrected chi connectivity index (χ2v) is 7.50. The van der Waals surface area contributed by atoms with Gasteiger partial charge in [0.1, 0.15) is 0 Å². The highest BCUT2D eigenvalue weighted by Crippen LogP contribution is 2.52. The van der Waals surface area contributed by atoms with Gasteiger partial charge in [-0.3, -0.25) is 19.5 Å². The summed E-state index contributed by atoms with van der Waals surface area (Å²) in [4.78, 5) is 33.2. The molecule has 2 bridgehead atoms. The van der Waals surface area contributed by atoms with Gasteiger partial charge in [0.05, 0.1) is 11.8 Å². The number of fused-ring (bicyclic) bond motifs is 5. The van der Waals surface area contributed by atoms with Gasteiger partial charge in [0.2, 0.25) is 11.8 Å². The highest BCUT2D eigenvalue weighted by molar-refractivity contribution is 6.06. The number of guanidine groups is 1. The average Bonchev–Trinajstić information content (AvgIpc) is 3.32. The summed E-state index contributed by atoms with van der Waals surface area (Å²) in [6.45, 7) is 6.10. The lowest BCUT2D eigenvalue weighted by atomic mass is 9.85. The predicted molar refractivity (Wildman–Crippen MR) is 102 cm³/mol. The number of imide groups is 1. The summed E-state index contributed by atoms with van der Waals surface area (Å²) < 4.78 is 0. The van der Waals surface area contributed by atoms with E-state index in [1.54, 1.807) is 7.05 Å². The molecule has 4 atom stereocenters. The molecule has 0 radical (unpaired) electrons. The summed E-state index contributed by atoms with van der Waals surface area (Å²) in [5, 5.41) is 6.53. The minimum absolute atomic E-state index is 0.0435. The molecule has 26 heavy (non-hydrogen) atoms. The number of hydrogen-bond donors (Lipinski definition) is 2. The second-order valence-electron chi connectivity index (χ2n) is 7.50. The van der Waals surface area contributed by atoms with Crippen LogP contribution in [-0.4, -0.2) is 74.4 Å². The molecule has 7 nitrogen and oxygen atoms in total. The van der Waals surface area contributed by atoms with Crippen molar-refractivity contribution in [2.75, 3.05) is 46.8 Å². The molecule has 0 aromatic rings. The molecule has 2 amide bonds. The lowest BCUT2D eigenvalue weighted by Crippen LogP contribution is -2.42. The van der Waals surface area contributed by atoms with Crippen LogP contribution in [0.2, 0.25) is 0 Å². The lowest BCUT2D eigenvalue weighted by Gasteiger charge is -2.18. The van der Waals surface area contributed by atoms with Crippen LogP contribution in [0.3, 0.4) is 0 Å². The minimum atomic E-state index is -0.0875. The largest absolute Gasteiger partial charge is 0.356 e. The Bertz CT molecular complexity index is 573. The number of allylic oxidation sites excluding steroid dienone is 2. The number of hydrogen-bond acceptors (Lipinski definition) is 4. The van der Waals surface area contributed by atoms with Crippen molar-refractivity contribution in [3.63, 3.8) is 0 Å². The first-order valence-electron chi connectivity index (χ1n) is 9.73. The Balaban J connectivity index is 1.39. The van der Waals surface area contributed by atoms with Crippen molar-refractivity contribution in [2.24, 2.45) is 28.7 Å². The number of carbonyl (C=O) groups is 2. The molecule has 2 N–H and O–H groups in total. The van der Waals surface area contributed by atoms with Crippen LogP contribution in [0.25, 0.3) is 0 Å². The average molecular weight is 361 g/mol. The van der Waals surface area contributed by atoms with Crippen molar-refractivity contribution in [1.29, 1.82) is 0 Å². The first-order valence-corrected chi connectivity index (χ1v) is 9.73. The number of likely N-dealkylation sites (tertiary alicyclic amines) is 1. The smallest absolute Gasteiger partial charge is 0.233 e. The number of aliphatic imine (C=N–C) groups is 1. The highest BCUT2D eigenvalue weighted by atomic mass is 16.2. The Labute approximate surface area is 155 Å². The zero-order valence-electron chi connectivity index (χ0n) is 16.1. The Hall–Kier alpha value is -1.89. The second kappa shape index (κ2) is 8.20. The molecule has 4 unspecified atom stereocenters. The molecule has 144 valence electrons. The number of amides is 2. The normalized spacial score (nSPS) is 29.8. The Morgan fingerprint density at radius 1 is 1.19 bits per heavy atom. The molecule has 0 aromatic heterocycles. The van der Waals surface area contributed by atoms with Gasteiger partial charge in [-0.1, -0.05) is 19.1 Å². The molecular formula is C19H31N5O2. The van der Waals surface area contributed by atoms with Gasteiger partial charge < -0.3 is 15.5 Å². The maximum Gasteiger partial charge on any atom is 0.233 e. The van der Waals surface area contributed by atoms with Crippen LogP contribution in [0.4, 0.5) is 0 Å². The zero-order valence-corrected chi connectivity index (χ0v) is 16.1. The molecule has 2 aliphatic carbocycles. The van der Waals surface area contributed by atoms with Crippen LogP contribution in [-0.2, 0) is 9.59 Å². The minimum Gasteiger partial charge on any atom is -0.356 e. The molecule has 1 heterocycles. The third-order valence-corrected chi connectivity index (χ3v) is 5.96. The van der Waals surface area contributed by atoms with E-state index in [-0.39, 0.29) is 35.5 Å². The van der Waals surface area contributed by atoms with Crippen LogP contribution in [0.5, 0.6) is 0 Å². The molecule has 0 aromatic carbocycles. The van der Waals surface area contributed by atoms with E-state index in [2.05, 4.69) is 46.6 Å². The highest BCUT2D eigenvalue weighted by Gasteiger charge is 2.58. The van der Waals surface area contributed by atoms with Gasteiger partial charge in [-0.25, -0.2) is 0 Å². The summed E-state index contributed by atoms with van der Waals surface area (Å²) >= 11 is 0. The van der Waals surface area contributed by atoms with Crippen LogP contribution < -0.4 is 10.6 Å². The van der Waals surface area contributed by atoms with Gasteiger partial charge in [-0.2, -0.15) is 0 Å². The summed E-state index contributed by atoms with van der Waals surface area (Å²) in [5.74, 6) is 1.24. The quantitative estimate of drug-likeness (QED) is 0.214. The molecule has 2 fully saturated rings. The van der Waals surface area contributed by atoms with Crippen LogP contribution >= 0.6 is 0 Å². The number of nitrogens with zero attached hydrogens (tertiary/aromatic N) is 3. The van der Waals surface area contributed by atoms with Crippen LogP contribution in [0.15, 0.2) is 17.1 Å². The van der Waals surface area contributed by atoms with Crippen molar-refractivity contribution in [3.05, 3.63) is 12.2 Å². The van der Waals surface area contributed by atoms with E-state index in [1.165, 1.54) is 4.90 Å². The van der Waals surface area contributed by atoms with E-state index in [9.17, 15) is 9.59 Å². The van der Waals surface area contributed by atoms with Gasteiger partial charge >= 0.3 is 0 Å². The monoisotopic (exact) mass is 361 g/mol.